The van der Waals surface area contributed by atoms with E-state index < -0.39 is 0 Å². The van der Waals surface area contributed by atoms with E-state index in [1.54, 1.807) is 12.4 Å². The normalized spacial score (nSPS) is 18.1. The molecule has 0 radical (unpaired) electrons. The van der Waals surface area contributed by atoms with Crippen LogP contribution in [0.25, 0.3) is 0 Å². The maximum atomic E-state index is 12.7. The lowest BCUT2D eigenvalue weighted by molar-refractivity contribution is 0.0761. The van der Waals surface area contributed by atoms with Crippen molar-refractivity contribution < 1.29 is 4.79 Å². The minimum atomic E-state index is 0.0673. The summed E-state index contributed by atoms with van der Waals surface area (Å²) in [6, 6.07) is 8.64. The van der Waals surface area contributed by atoms with Gasteiger partial charge in [-0.2, -0.15) is 0 Å². The zero-order chi connectivity index (χ0) is 19.3. The van der Waals surface area contributed by atoms with E-state index in [0.29, 0.717) is 5.56 Å². The summed E-state index contributed by atoms with van der Waals surface area (Å²) in [5, 5.41) is 0. The van der Waals surface area contributed by atoms with Crippen LogP contribution in [0, 0.1) is 6.92 Å². The van der Waals surface area contributed by atoms with Crippen LogP contribution in [0.2, 0.25) is 0 Å². The van der Waals surface area contributed by atoms with Crippen LogP contribution < -0.4 is 9.80 Å². The van der Waals surface area contributed by atoms with Crippen LogP contribution in [-0.2, 0) is 0 Å². The van der Waals surface area contributed by atoms with E-state index in [-0.39, 0.29) is 5.91 Å². The summed E-state index contributed by atoms with van der Waals surface area (Å²) in [4.78, 5) is 28.3. The molecule has 2 aliphatic heterocycles. The predicted molar refractivity (Wildman–Crippen MR) is 112 cm³/mol. The molecular formula is C22H29N5O. The van der Waals surface area contributed by atoms with E-state index in [1.807, 2.05) is 4.90 Å². The first kappa shape index (κ1) is 18.7. The largest absolute Gasteiger partial charge is 0.368 e. The van der Waals surface area contributed by atoms with Crippen molar-refractivity contribution in [2.75, 3.05) is 49.1 Å². The highest BCUT2D eigenvalue weighted by molar-refractivity contribution is 5.93. The molecule has 2 aliphatic rings. The topological polar surface area (TPSA) is 52.6 Å². The smallest absolute Gasteiger partial charge is 0.256 e. The average Bonchev–Trinajstić information content (AvgIpc) is 3.03. The molecule has 0 atom stereocenters. The Labute approximate surface area is 167 Å². The molecule has 0 spiro atoms. The summed E-state index contributed by atoms with van der Waals surface area (Å²) in [5.41, 5.74) is 3.16. The van der Waals surface area contributed by atoms with Crippen molar-refractivity contribution in [3.63, 3.8) is 0 Å². The Hall–Kier alpha value is -2.63. The molecule has 28 heavy (non-hydrogen) atoms. The van der Waals surface area contributed by atoms with Gasteiger partial charge in [0.2, 0.25) is 5.95 Å². The number of carbonyl (C=O) groups is 1. The Morgan fingerprint density at radius 2 is 1.50 bits per heavy atom. The number of likely N-dealkylation sites (tertiary alicyclic amines) is 1. The number of amides is 1. The molecule has 1 aromatic carbocycles. The number of aromatic nitrogens is 2. The van der Waals surface area contributed by atoms with Crippen molar-refractivity contribution >= 4 is 17.5 Å². The molecule has 2 saturated heterocycles. The quantitative estimate of drug-likeness (QED) is 0.820. The summed E-state index contributed by atoms with van der Waals surface area (Å²) >= 11 is 0. The van der Waals surface area contributed by atoms with Crippen LogP contribution in [0.3, 0.4) is 0 Å². The zero-order valence-corrected chi connectivity index (χ0v) is 16.7. The number of hydrogen-bond donors (Lipinski definition) is 0. The Balaban J connectivity index is 1.36. The van der Waals surface area contributed by atoms with Crippen molar-refractivity contribution in [3.05, 3.63) is 47.8 Å². The third-order valence-corrected chi connectivity index (χ3v) is 5.71. The Morgan fingerprint density at radius 3 is 2.14 bits per heavy atom. The highest BCUT2D eigenvalue weighted by Crippen LogP contribution is 2.20. The first-order chi connectivity index (χ1) is 13.7. The molecule has 0 aliphatic carbocycles. The van der Waals surface area contributed by atoms with E-state index >= 15 is 0 Å². The average molecular weight is 380 g/mol. The molecule has 6 nitrogen and oxygen atoms in total. The monoisotopic (exact) mass is 379 g/mol. The fraction of sp³-hybridized carbons (Fsp3) is 0.500. The number of rotatable bonds is 3. The molecule has 0 unspecified atom stereocenters. The Bertz CT molecular complexity index is 791. The summed E-state index contributed by atoms with van der Waals surface area (Å²) in [5.74, 6) is 0.786. The molecule has 1 amide bonds. The van der Waals surface area contributed by atoms with Crippen LogP contribution in [-0.4, -0.2) is 60.0 Å². The van der Waals surface area contributed by atoms with Crippen molar-refractivity contribution in [2.24, 2.45) is 0 Å². The number of hydrogen-bond acceptors (Lipinski definition) is 5. The molecule has 148 valence electrons. The van der Waals surface area contributed by atoms with Crippen LogP contribution in [0.15, 0.2) is 36.7 Å². The second-order valence-electron chi connectivity index (χ2n) is 7.79. The minimum absolute atomic E-state index is 0.0673. The van der Waals surface area contributed by atoms with Crippen molar-refractivity contribution in [1.82, 2.24) is 14.9 Å². The van der Waals surface area contributed by atoms with Gasteiger partial charge in [-0.05, 0) is 37.5 Å². The number of nitrogens with zero attached hydrogens (tertiary/aromatic N) is 5. The molecule has 4 rings (SSSR count). The van der Waals surface area contributed by atoms with Gasteiger partial charge in [-0.1, -0.05) is 25.0 Å². The van der Waals surface area contributed by atoms with Gasteiger partial charge in [0, 0.05) is 57.3 Å². The van der Waals surface area contributed by atoms with Crippen LogP contribution >= 0.6 is 0 Å². The number of piperazine rings is 1. The van der Waals surface area contributed by atoms with E-state index in [0.717, 1.165) is 58.1 Å². The van der Waals surface area contributed by atoms with Gasteiger partial charge in [0.15, 0.2) is 0 Å². The maximum Gasteiger partial charge on any atom is 0.256 e. The van der Waals surface area contributed by atoms with Gasteiger partial charge in [0.05, 0.1) is 5.56 Å². The first-order valence-corrected chi connectivity index (χ1v) is 10.4. The molecular weight excluding hydrogens is 350 g/mol. The van der Waals surface area contributed by atoms with Gasteiger partial charge in [-0.3, -0.25) is 4.79 Å². The second kappa shape index (κ2) is 8.59. The molecule has 3 heterocycles. The minimum Gasteiger partial charge on any atom is -0.368 e. The van der Waals surface area contributed by atoms with Crippen LogP contribution in [0.4, 0.5) is 11.6 Å². The Morgan fingerprint density at radius 1 is 0.857 bits per heavy atom. The lowest BCUT2D eigenvalue weighted by Gasteiger charge is -2.36. The molecule has 0 N–H and O–H groups in total. The summed E-state index contributed by atoms with van der Waals surface area (Å²) in [6.45, 7) is 7.48. The lowest BCUT2D eigenvalue weighted by Crippen LogP contribution is -2.47. The molecule has 2 aromatic rings. The predicted octanol–water partition coefficient (Wildman–Crippen LogP) is 3.13. The Kier molecular flexibility index (Phi) is 5.74. The fourth-order valence-electron chi connectivity index (χ4n) is 4.04. The number of carbonyl (C=O) groups excluding carboxylic acids is 1. The zero-order valence-electron chi connectivity index (χ0n) is 16.7. The van der Waals surface area contributed by atoms with Gasteiger partial charge in [0.1, 0.15) is 0 Å². The van der Waals surface area contributed by atoms with E-state index in [2.05, 4.69) is 51.0 Å². The van der Waals surface area contributed by atoms with Crippen LogP contribution in [0.5, 0.6) is 0 Å². The molecule has 0 saturated carbocycles. The van der Waals surface area contributed by atoms with Crippen LogP contribution in [0.1, 0.15) is 41.6 Å². The van der Waals surface area contributed by atoms with Gasteiger partial charge >= 0.3 is 0 Å². The summed E-state index contributed by atoms with van der Waals surface area (Å²) in [6.07, 6.45) is 8.01. The van der Waals surface area contributed by atoms with E-state index in [4.69, 9.17) is 0 Å². The second-order valence-corrected chi connectivity index (χ2v) is 7.79. The van der Waals surface area contributed by atoms with E-state index in [9.17, 15) is 4.79 Å². The van der Waals surface area contributed by atoms with Gasteiger partial charge in [-0.15, -0.1) is 0 Å². The van der Waals surface area contributed by atoms with Crippen molar-refractivity contribution in [3.8, 4) is 0 Å². The van der Waals surface area contributed by atoms with Crippen molar-refractivity contribution in [2.45, 2.75) is 32.6 Å². The third-order valence-electron chi connectivity index (χ3n) is 5.71. The molecule has 0 bridgehead atoms. The third kappa shape index (κ3) is 4.26. The standard InChI is InChI=1S/C22H29N5O/c1-18-7-6-8-20(15-18)25-11-13-27(14-12-25)22-23-16-19(17-24-22)21(28)26-9-4-2-3-5-10-26/h6-8,15-17H,2-5,9-14H2,1H3. The number of benzene rings is 1. The highest BCUT2D eigenvalue weighted by Gasteiger charge is 2.21. The molecule has 1 aromatic heterocycles. The molecule has 6 heteroatoms. The fourth-order valence-corrected chi connectivity index (χ4v) is 4.04. The summed E-state index contributed by atoms with van der Waals surface area (Å²) in [7, 11) is 0. The maximum absolute atomic E-state index is 12.7. The SMILES string of the molecule is Cc1cccc(N2CCN(c3ncc(C(=O)N4CCCCCC4)cn3)CC2)c1. The number of anilines is 2. The first-order valence-electron chi connectivity index (χ1n) is 10.4. The molecule has 2 fully saturated rings. The van der Waals surface area contributed by atoms with Gasteiger partial charge in [0.25, 0.3) is 5.91 Å². The van der Waals surface area contributed by atoms with Gasteiger partial charge in [-0.25, -0.2) is 9.97 Å². The van der Waals surface area contributed by atoms with E-state index in [1.165, 1.54) is 24.1 Å². The lowest BCUT2D eigenvalue weighted by atomic mass is 10.2. The summed E-state index contributed by atoms with van der Waals surface area (Å²) < 4.78 is 0. The van der Waals surface area contributed by atoms with Crippen molar-refractivity contribution in [1.29, 1.82) is 0 Å². The number of aryl methyl sites for hydroxylation is 1. The highest BCUT2D eigenvalue weighted by atomic mass is 16.2. The van der Waals surface area contributed by atoms with Gasteiger partial charge < -0.3 is 14.7 Å².